The monoisotopic (exact) mass is 249 g/mol. The Labute approximate surface area is 111 Å². The lowest BCUT2D eigenvalue weighted by atomic mass is 10.0. The van der Waals surface area contributed by atoms with E-state index in [0.717, 1.165) is 37.1 Å². The molecule has 3 nitrogen and oxygen atoms in total. The van der Waals surface area contributed by atoms with Gasteiger partial charge in [-0.05, 0) is 30.1 Å². The average Bonchev–Trinajstić information content (AvgIpc) is 2.60. The molecule has 1 aliphatic rings. The number of aromatic nitrogens is 2. The molecule has 3 heteroatoms. The normalized spacial score (nSPS) is 21.0. The Balaban J connectivity index is 2.11. The number of rotatable bonds is 5. The summed E-state index contributed by atoms with van der Waals surface area (Å²) >= 11 is 0. The number of hydrogen-bond donors (Lipinski definition) is 1. The summed E-state index contributed by atoms with van der Waals surface area (Å²) in [4.78, 5) is 4.58. The zero-order valence-corrected chi connectivity index (χ0v) is 12.7. The predicted octanol–water partition coefficient (Wildman–Crippen LogP) is 3.70. The molecule has 1 saturated carbocycles. The number of anilines is 1. The first kappa shape index (κ1) is 13.4. The molecule has 2 rings (SSSR count). The highest BCUT2D eigenvalue weighted by Gasteiger charge is 2.64. The van der Waals surface area contributed by atoms with Crippen molar-refractivity contribution in [2.24, 2.45) is 16.7 Å². The molecule has 0 radical (unpaired) electrons. The highest BCUT2D eigenvalue weighted by Crippen LogP contribution is 2.68. The second kappa shape index (κ2) is 4.29. The van der Waals surface area contributed by atoms with Crippen LogP contribution in [0.1, 0.15) is 46.7 Å². The molecule has 0 unspecified atom stereocenters. The van der Waals surface area contributed by atoms with E-state index in [1.165, 1.54) is 0 Å². The molecule has 18 heavy (non-hydrogen) atoms. The second-order valence-corrected chi connectivity index (χ2v) is 6.78. The van der Waals surface area contributed by atoms with E-state index in [4.69, 9.17) is 0 Å². The molecule has 0 bridgehead atoms. The Morgan fingerprint density at radius 1 is 1.28 bits per heavy atom. The minimum Gasteiger partial charge on any atom is -0.356 e. The van der Waals surface area contributed by atoms with E-state index in [1.54, 1.807) is 0 Å². The molecule has 1 N–H and O–H groups in total. The average molecular weight is 249 g/mol. The quantitative estimate of drug-likeness (QED) is 0.862. The van der Waals surface area contributed by atoms with Crippen molar-refractivity contribution in [3.05, 3.63) is 11.9 Å². The summed E-state index contributed by atoms with van der Waals surface area (Å²) in [5.74, 6) is 1.77. The van der Waals surface area contributed by atoms with E-state index < -0.39 is 0 Å². The fourth-order valence-electron chi connectivity index (χ4n) is 3.05. The summed E-state index contributed by atoms with van der Waals surface area (Å²) in [7, 11) is 0. The Morgan fingerprint density at radius 3 is 2.39 bits per heavy atom. The van der Waals surface area contributed by atoms with Gasteiger partial charge in [-0.15, -0.1) is 0 Å². The van der Waals surface area contributed by atoms with Gasteiger partial charge in [-0.1, -0.05) is 34.6 Å². The highest BCUT2D eigenvalue weighted by molar-refractivity contribution is 5.29. The van der Waals surface area contributed by atoms with Crippen LogP contribution in [-0.2, 0) is 6.54 Å². The topological polar surface area (TPSA) is 29.9 Å². The van der Waals surface area contributed by atoms with Gasteiger partial charge in [0, 0.05) is 19.3 Å². The van der Waals surface area contributed by atoms with Crippen molar-refractivity contribution in [2.75, 3.05) is 11.9 Å². The third-order valence-corrected chi connectivity index (χ3v) is 5.13. The summed E-state index contributed by atoms with van der Waals surface area (Å²) in [5, 5.41) is 3.42. The third kappa shape index (κ3) is 2.04. The lowest BCUT2D eigenvalue weighted by molar-refractivity contribution is 0.457. The zero-order valence-electron chi connectivity index (χ0n) is 12.7. The number of hydrogen-bond acceptors (Lipinski definition) is 2. The van der Waals surface area contributed by atoms with Crippen LogP contribution in [0.4, 0.5) is 5.95 Å². The second-order valence-electron chi connectivity index (χ2n) is 6.78. The standard InChI is InChI=1S/C15H27N3/c1-7-8-16-13-17-11(2)9-18(13)10-12-14(3,4)15(12,5)6/h9,12H,7-8,10H2,1-6H3,(H,16,17). The van der Waals surface area contributed by atoms with E-state index >= 15 is 0 Å². The molecule has 0 aromatic carbocycles. The first-order valence-corrected chi connectivity index (χ1v) is 7.08. The Kier molecular flexibility index (Phi) is 3.20. The molecule has 1 aromatic rings. The summed E-state index contributed by atoms with van der Waals surface area (Å²) < 4.78 is 2.30. The minimum absolute atomic E-state index is 0.438. The molecule has 1 aromatic heterocycles. The molecule has 0 aliphatic heterocycles. The molecule has 0 spiro atoms. The van der Waals surface area contributed by atoms with Crippen LogP contribution in [0, 0.1) is 23.7 Å². The predicted molar refractivity (Wildman–Crippen MR) is 76.8 cm³/mol. The molecule has 0 atom stereocenters. The maximum absolute atomic E-state index is 4.58. The maximum Gasteiger partial charge on any atom is 0.203 e. The molecular formula is C15H27N3. The Hall–Kier alpha value is -0.990. The number of aryl methyl sites for hydroxylation is 1. The summed E-state index contributed by atoms with van der Waals surface area (Å²) in [6, 6.07) is 0. The van der Waals surface area contributed by atoms with Gasteiger partial charge in [0.2, 0.25) is 5.95 Å². The highest BCUT2D eigenvalue weighted by atomic mass is 15.2. The van der Waals surface area contributed by atoms with Crippen LogP contribution in [-0.4, -0.2) is 16.1 Å². The third-order valence-electron chi connectivity index (χ3n) is 5.13. The zero-order chi connectivity index (χ0) is 13.6. The lowest BCUT2D eigenvalue weighted by Crippen LogP contribution is -2.10. The van der Waals surface area contributed by atoms with Gasteiger partial charge in [-0.25, -0.2) is 4.98 Å². The van der Waals surface area contributed by atoms with Gasteiger partial charge in [0.05, 0.1) is 5.69 Å². The first-order chi connectivity index (χ1) is 8.30. The fourth-order valence-corrected chi connectivity index (χ4v) is 3.05. The molecule has 0 amide bonds. The number of nitrogens with zero attached hydrogens (tertiary/aromatic N) is 2. The van der Waals surface area contributed by atoms with Crippen molar-refractivity contribution < 1.29 is 0 Å². The number of imidazole rings is 1. The maximum atomic E-state index is 4.58. The SMILES string of the molecule is CCCNc1nc(C)cn1CC1C(C)(C)C1(C)C. The van der Waals surface area contributed by atoms with Crippen molar-refractivity contribution in [3.63, 3.8) is 0 Å². The van der Waals surface area contributed by atoms with Gasteiger partial charge >= 0.3 is 0 Å². The molecule has 1 heterocycles. The van der Waals surface area contributed by atoms with Gasteiger partial charge in [-0.3, -0.25) is 0 Å². The van der Waals surface area contributed by atoms with Gasteiger partial charge in [-0.2, -0.15) is 0 Å². The van der Waals surface area contributed by atoms with Crippen molar-refractivity contribution in [2.45, 2.75) is 54.5 Å². The lowest BCUT2D eigenvalue weighted by Gasteiger charge is -2.10. The van der Waals surface area contributed by atoms with Gasteiger partial charge in [0.1, 0.15) is 0 Å². The molecular weight excluding hydrogens is 222 g/mol. The Bertz CT molecular complexity index is 415. The van der Waals surface area contributed by atoms with E-state index in [2.05, 4.69) is 62.6 Å². The van der Waals surface area contributed by atoms with E-state index in [0.29, 0.717) is 10.8 Å². The van der Waals surface area contributed by atoms with Gasteiger partial charge in [0.15, 0.2) is 0 Å². The van der Waals surface area contributed by atoms with Crippen LogP contribution >= 0.6 is 0 Å². The van der Waals surface area contributed by atoms with Crippen LogP contribution in [0.15, 0.2) is 6.20 Å². The number of nitrogens with one attached hydrogen (secondary N) is 1. The van der Waals surface area contributed by atoms with E-state index in [9.17, 15) is 0 Å². The Morgan fingerprint density at radius 2 is 1.89 bits per heavy atom. The minimum atomic E-state index is 0.438. The van der Waals surface area contributed by atoms with Crippen molar-refractivity contribution >= 4 is 5.95 Å². The smallest absolute Gasteiger partial charge is 0.203 e. The van der Waals surface area contributed by atoms with Crippen molar-refractivity contribution in [1.82, 2.24) is 9.55 Å². The van der Waals surface area contributed by atoms with Gasteiger partial charge in [0.25, 0.3) is 0 Å². The van der Waals surface area contributed by atoms with Crippen LogP contribution in [0.5, 0.6) is 0 Å². The largest absolute Gasteiger partial charge is 0.356 e. The summed E-state index contributed by atoms with van der Waals surface area (Å²) in [6.07, 6.45) is 3.30. The van der Waals surface area contributed by atoms with Crippen LogP contribution in [0.25, 0.3) is 0 Å². The fraction of sp³-hybridized carbons (Fsp3) is 0.800. The molecule has 1 aliphatic carbocycles. The van der Waals surface area contributed by atoms with Crippen molar-refractivity contribution in [1.29, 1.82) is 0 Å². The van der Waals surface area contributed by atoms with Crippen LogP contribution < -0.4 is 5.32 Å². The molecule has 0 saturated heterocycles. The van der Waals surface area contributed by atoms with E-state index in [1.807, 2.05) is 0 Å². The van der Waals surface area contributed by atoms with Crippen LogP contribution in [0.2, 0.25) is 0 Å². The molecule has 102 valence electrons. The summed E-state index contributed by atoms with van der Waals surface area (Å²) in [5.41, 5.74) is 1.98. The van der Waals surface area contributed by atoms with Crippen LogP contribution in [0.3, 0.4) is 0 Å². The first-order valence-electron chi connectivity index (χ1n) is 7.08. The van der Waals surface area contributed by atoms with Crippen molar-refractivity contribution in [3.8, 4) is 0 Å². The van der Waals surface area contributed by atoms with Gasteiger partial charge < -0.3 is 9.88 Å². The molecule has 1 fully saturated rings. The van der Waals surface area contributed by atoms with E-state index in [-0.39, 0.29) is 0 Å². The summed E-state index contributed by atoms with van der Waals surface area (Å²) in [6.45, 7) is 15.8.